The number of aryl methyl sites for hydroxylation is 1. The Morgan fingerprint density at radius 2 is 1.69 bits per heavy atom. The lowest BCUT2D eigenvalue weighted by atomic mass is 10.0. The number of hydrogen-bond donors (Lipinski definition) is 0. The third-order valence-electron chi connectivity index (χ3n) is 7.20. The van der Waals surface area contributed by atoms with Crippen molar-refractivity contribution in [2.45, 2.75) is 64.6 Å². The molecule has 5 rings (SSSR count). The number of aromatic nitrogens is 4. The summed E-state index contributed by atoms with van der Waals surface area (Å²) >= 11 is 0. The van der Waals surface area contributed by atoms with Gasteiger partial charge in [-0.25, -0.2) is 14.3 Å². The molecule has 35 heavy (non-hydrogen) atoms. The Bertz CT molecular complexity index is 1470. The van der Waals surface area contributed by atoms with Gasteiger partial charge in [0.25, 0.3) is 5.56 Å². The Morgan fingerprint density at radius 3 is 2.34 bits per heavy atom. The molecular formula is C28H30N4O3. The summed E-state index contributed by atoms with van der Waals surface area (Å²) in [4.78, 5) is 45.5. The Labute approximate surface area is 203 Å². The van der Waals surface area contributed by atoms with E-state index in [1.54, 1.807) is 25.4 Å². The highest BCUT2D eigenvalue weighted by Crippen LogP contribution is 2.31. The predicted octanol–water partition coefficient (Wildman–Crippen LogP) is 4.53. The van der Waals surface area contributed by atoms with Gasteiger partial charge in [0, 0.05) is 11.6 Å². The van der Waals surface area contributed by atoms with Crippen LogP contribution >= 0.6 is 0 Å². The fraction of sp³-hybridized carbons (Fsp3) is 0.357. The molecule has 4 aromatic rings. The molecule has 1 atom stereocenters. The summed E-state index contributed by atoms with van der Waals surface area (Å²) in [5.74, 6) is -0.260. The first-order chi connectivity index (χ1) is 17.0. The van der Waals surface area contributed by atoms with Gasteiger partial charge < -0.3 is 4.57 Å². The monoisotopic (exact) mass is 470 g/mol. The first-order valence-corrected chi connectivity index (χ1v) is 12.4. The molecule has 7 heteroatoms. The topological polar surface area (TPSA) is 78.9 Å². The maximum Gasteiger partial charge on any atom is 0.333 e. The van der Waals surface area contributed by atoms with Crippen LogP contribution in [0.1, 0.15) is 73.1 Å². The molecule has 0 amide bonds. The lowest BCUT2D eigenvalue weighted by Crippen LogP contribution is -2.44. The maximum absolute atomic E-state index is 13.8. The van der Waals surface area contributed by atoms with Crippen LogP contribution in [0.4, 0.5) is 0 Å². The van der Waals surface area contributed by atoms with Crippen LogP contribution in [0.15, 0.2) is 70.5 Å². The van der Waals surface area contributed by atoms with E-state index >= 15 is 0 Å². The normalized spacial score (nSPS) is 15.0. The van der Waals surface area contributed by atoms with Crippen molar-refractivity contribution in [3.63, 3.8) is 0 Å². The van der Waals surface area contributed by atoms with Crippen LogP contribution in [0.5, 0.6) is 0 Å². The molecule has 2 heterocycles. The van der Waals surface area contributed by atoms with Gasteiger partial charge >= 0.3 is 5.69 Å². The van der Waals surface area contributed by atoms with Gasteiger partial charge in [-0.15, -0.1) is 0 Å². The Hall–Kier alpha value is -3.74. The number of carbonyl (C=O) groups excluding carboxylic acids is 1. The summed E-state index contributed by atoms with van der Waals surface area (Å²) in [7, 11) is 0. The molecule has 0 N–H and O–H groups in total. The molecule has 0 unspecified atom stereocenters. The van der Waals surface area contributed by atoms with Crippen molar-refractivity contribution >= 4 is 16.9 Å². The van der Waals surface area contributed by atoms with Crippen LogP contribution in [-0.4, -0.2) is 24.5 Å². The summed E-state index contributed by atoms with van der Waals surface area (Å²) in [6.07, 6.45) is 6.70. The van der Waals surface area contributed by atoms with Crippen LogP contribution in [0.2, 0.25) is 0 Å². The quantitative estimate of drug-likeness (QED) is 0.372. The largest absolute Gasteiger partial charge is 0.333 e. The number of fused-ring (bicyclic) bond motifs is 1. The van der Waals surface area contributed by atoms with Crippen LogP contribution < -0.4 is 11.2 Å². The van der Waals surface area contributed by atoms with E-state index in [1.165, 1.54) is 4.57 Å². The number of carbonyl (C=O) groups is 1. The fourth-order valence-corrected chi connectivity index (χ4v) is 5.15. The van der Waals surface area contributed by atoms with E-state index in [2.05, 4.69) is 11.9 Å². The highest BCUT2D eigenvalue weighted by atomic mass is 16.2. The standard InChI is InChI=1S/C28H30N4O3/c1-3-20-13-15-22(16-14-20)25(33)19(2)32-27(34)24-26(29-18-31(24)23-11-7-8-12-23)30(28(32)35)17-21-9-5-4-6-10-21/h4-6,9-10,13-16,18-19,23H,3,7-8,11-12,17H2,1-2H3/t19-/m1/s1. The van der Waals surface area contributed by atoms with Gasteiger partial charge in [0.1, 0.15) is 6.04 Å². The van der Waals surface area contributed by atoms with Gasteiger partial charge in [0.2, 0.25) is 0 Å². The van der Waals surface area contributed by atoms with E-state index in [0.717, 1.165) is 47.8 Å². The third-order valence-corrected chi connectivity index (χ3v) is 7.20. The third kappa shape index (κ3) is 4.16. The highest BCUT2D eigenvalue weighted by molar-refractivity contribution is 5.98. The van der Waals surface area contributed by atoms with Gasteiger partial charge in [0.05, 0.1) is 12.9 Å². The highest BCUT2D eigenvalue weighted by Gasteiger charge is 2.28. The number of rotatable bonds is 7. The second kappa shape index (κ2) is 9.49. The van der Waals surface area contributed by atoms with Gasteiger partial charge in [0.15, 0.2) is 16.9 Å². The average molecular weight is 471 g/mol. The molecule has 0 radical (unpaired) electrons. The molecule has 2 aromatic carbocycles. The van der Waals surface area contributed by atoms with Gasteiger partial charge in [-0.05, 0) is 37.3 Å². The minimum atomic E-state index is -0.944. The molecule has 0 saturated heterocycles. The molecule has 0 aliphatic heterocycles. The van der Waals surface area contributed by atoms with E-state index in [9.17, 15) is 14.4 Å². The minimum Gasteiger partial charge on any atom is -0.322 e. The first kappa shape index (κ1) is 23.0. The molecule has 2 aromatic heterocycles. The molecule has 1 saturated carbocycles. The van der Waals surface area contributed by atoms with Crippen LogP contribution in [0, 0.1) is 0 Å². The number of benzene rings is 2. The molecule has 1 aliphatic carbocycles. The summed E-state index contributed by atoms with van der Waals surface area (Å²) in [6, 6.07) is 16.2. The zero-order valence-electron chi connectivity index (χ0n) is 20.2. The second-order valence-electron chi connectivity index (χ2n) is 9.38. The zero-order chi connectivity index (χ0) is 24.5. The molecule has 1 aliphatic rings. The fourth-order valence-electron chi connectivity index (χ4n) is 5.15. The van der Waals surface area contributed by atoms with E-state index in [1.807, 2.05) is 47.0 Å². The number of nitrogens with zero attached hydrogens (tertiary/aromatic N) is 4. The van der Waals surface area contributed by atoms with Gasteiger partial charge in [-0.2, -0.15) is 0 Å². The van der Waals surface area contributed by atoms with Crippen molar-refractivity contribution in [1.29, 1.82) is 0 Å². The molecular weight excluding hydrogens is 440 g/mol. The number of ketones is 1. The van der Waals surface area contributed by atoms with Crippen LogP contribution in [-0.2, 0) is 13.0 Å². The predicted molar refractivity (Wildman–Crippen MR) is 136 cm³/mol. The van der Waals surface area contributed by atoms with Crippen molar-refractivity contribution in [1.82, 2.24) is 18.7 Å². The van der Waals surface area contributed by atoms with E-state index in [4.69, 9.17) is 0 Å². The SMILES string of the molecule is CCc1ccc(C(=O)[C@@H](C)n2c(=O)c3c(ncn3C3CCCC3)n(Cc3ccccc3)c2=O)cc1. The summed E-state index contributed by atoms with van der Waals surface area (Å²) in [6.45, 7) is 3.95. The van der Waals surface area contributed by atoms with Crippen molar-refractivity contribution < 1.29 is 4.79 Å². The van der Waals surface area contributed by atoms with Crippen molar-refractivity contribution in [2.75, 3.05) is 0 Å². The Kier molecular flexibility index (Phi) is 6.24. The average Bonchev–Trinajstić information content (AvgIpc) is 3.57. The molecule has 7 nitrogen and oxygen atoms in total. The van der Waals surface area contributed by atoms with E-state index in [-0.39, 0.29) is 18.4 Å². The van der Waals surface area contributed by atoms with E-state index in [0.29, 0.717) is 16.7 Å². The lowest BCUT2D eigenvalue weighted by molar-refractivity contribution is 0.0930. The van der Waals surface area contributed by atoms with Crippen molar-refractivity contribution in [3.05, 3.63) is 98.5 Å². The summed E-state index contributed by atoms with van der Waals surface area (Å²) < 4.78 is 4.57. The number of imidazole rings is 1. The second-order valence-corrected chi connectivity index (χ2v) is 9.38. The molecule has 180 valence electrons. The van der Waals surface area contributed by atoms with Crippen molar-refractivity contribution in [3.8, 4) is 0 Å². The van der Waals surface area contributed by atoms with Crippen LogP contribution in [0.25, 0.3) is 11.2 Å². The lowest BCUT2D eigenvalue weighted by Gasteiger charge is -2.18. The minimum absolute atomic E-state index is 0.177. The van der Waals surface area contributed by atoms with E-state index < -0.39 is 17.3 Å². The van der Waals surface area contributed by atoms with Crippen molar-refractivity contribution in [2.24, 2.45) is 0 Å². The summed E-state index contributed by atoms with van der Waals surface area (Å²) in [5.41, 5.74) is 2.33. The maximum atomic E-state index is 13.8. The zero-order valence-corrected chi connectivity index (χ0v) is 20.2. The smallest absolute Gasteiger partial charge is 0.322 e. The number of hydrogen-bond acceptors (Lipinski definition) is 4. The van der Waals surface area contributed by atoms with Crippen LogP contribution in [0.3, 0.4) is 0 Å². The first-order valence-electron chi connectivity index (χ1n) is 12.4. The van der Waals surface area contributed by atoms with Gasteiger partial charge in [-0.1, -0.05) is 74.4 Å². The molecule has 1 fully saturated rings. The molecule has 0 bridgehead atoms. The Morgan fingerprint density at radius 1 is 1.00 bits per heavy atom. The number of Topliss-reactive ketones (excluding diaryl/α,β-unsaturated/α-hetero) is 1. The van der Waals surface area contributed by atoms with Gasteiger partial charge in [-0.3, -0.25) is 14.2 Å². The molecule has 0 spiro atoms. The summed E-state index contributed by atoms with van der Waals surface area (Å²) in [5, 5.41) is 0. The Balaban J connectivity index is 1.68.